The fraction of sp³-hybridized carbons (Fsp3) is 0.400. The van der Waals surface area contributed by atoms with E-state index < -0.39 is 11.4 Å². The minimum absolute atomic E-state index is 0.0407. The van der Waals surface area contributed by atoms with Crippen LogP contribution in [-0.4, -0.2) is 29.8 Å². The standard InChI is InChI=1S/C15H18FNO3/c16-12-6-2-3-7-13(12)20-10-14(18)17-11-15(19)8-4-1-5-9-15/h2-4,6-8,19H,1,5,9-11H2,(H,17,18). The molecule has 0 heterocycles. The quantitative estimate of drug-likeness (QED) is 0.808. The van der Waals surface area contributed by atoms with Crippen molar-refractivity contribution in [1.29, 1.82) is 0 Å². The summed E-state index contributed by atoms with van der Waals surface area (Å²) in [7, 11) is 0. The van der Waals surface area contributed by atoms with Crippen LogP contribution in [-0.2, 0) is 4.79 Å². The molecule has 1 aliphatic rings. The minimum Gasteiger partial charge on any atom is -0.481 e. The highest BCUT2D eigenvalue weighted by atomic mass is 19.1. The van der Waals surface area contributed by atoms with Gasteiger partial charge in [0.2, 0.25) is 0 Å². The van der Waals surface area contributed by atoms with Crippen molar-refractivity contribution in [3.63, 3.8) is 0 Å². The first-order chi connectivity index (χ1) is 9.59. The highest BCUT2D eigenvalue weighted by molar-refractivity contribution is 5.77. The average Bonchev–Trinajstić information content (AvgIpc) is 2.45. The van der Waals surface area contributed by atoms with Gasteiger partial charge in [-0.15, -0.1) is 0 Å². The Labute approximate surface area is 117 Å². The number of halogens is 1. The number of hydrogen-bond donors (Lipinski definition) is 2. The van der Waals surface area contributed by atoms with Crippen LogP contribution in [0.5, 0.6) is 5.75 Å². The second-order valence-electron chi connectivity index (χ2n) is 4.89. The molecule has 1 amide bonds. The molecule has 0 bridgehead atoms. The van der Waals surface area contributed by atoms with Crippen LogP contribution in [0.15, 0.2) is 36.4 Å². The van der Waals surface area contributed by atoms with E-state index in [1.807, 2.05) is 6.08 Å². The Morgan fingerprint density at radius 3 is 2.95 bits per heavy atom. The number of benzene rings is 1. The van der Waals surface area contributed by atoms with Gasteiger partial charge in [-0.25, -0.2) is 4.39 Å². The van der Waals surface area contributed by atoms with Gasteiger partial charge in [0.1, 0.15) is 0 Å². The Morgan fingerprint density at radius 1 is 1.45 bits per heavy atom. The lowest BCUT2D eigenvalue weighted by atomic mass is 9.91. The summed E-state index contributed by atoms with van der Waals surface area (Å²) in [4.78, 5) is 11.6. The first-order valence-electron chi connectivity index (χ1n) is 6.63. The zero-order chi connectivity index (χ0) is 14.4. The maximum atomic E-state index is 13.3. The van der Waals surface area contributed by atoms with Gasteiger partial charge in [-0.3, -0.25) is 4.79 Å². The highest BCUT2D eigenvalue weighted by Gasteiger charge is 2.25. The lowest BCUT2D eigenvalue weighted by molar-refractivity contribution is -0.124. The van der Waals surface area contributed by atoms with Crippen LogP contribution in [0.25, 0.3) is 0 Å². The van der Waals surface area contributed by atoms with E-state index in [1.54, 1.807) is 18.2 Å². The number of amides is 1. The Kier molecular flexibility index (Phi) is 4.74. The van der Waals surface area contributed by atoms with Crippen LogP contribution in [0.1, 0.15) is 19.3 Å². The number of para-hydroxylation sites is 1. The molecule has 2 N–H and O–H groups in total. The van der Waals surface area contributed by atoms with Gasteiger partial charge in [-0.1, -0.05) is 24.3 Å². The first kappa shape index (κ1) is 14.5. The molecule has 1 unspecified atom stereocenters. The molecule has 5 heteroatoms. The molecule has 0 saturated heterocycles. The largest absolute Gasteiger partial charge is 0.481 e. The van der Waals surface area contributed by atoms with Crippen molar-refractivity contribution in [2.45, 2.75) is 24.9 Å². The summed E-state index contributed by atoms with van der Waals surface area (Å²) in [5.74, 6) is -0.853. The second kappa shape index (κ2) is 6.52. The molecule has 1 aromatic rings. The number of aliphatic hydroxyl groups is 1. The number of allylic oxidation sites excluding steroid dienone is 1. The van der Waals surface area contributed by atoms with Crippen LogP contribution in [0.2, 0.25) is 0 Å². The van der Waals surface area contributed by atoms with Crippen LogP contribution >= 0.6 is 0 Å². The third kappa shape index (κ3) is 4.06. The topological polar surface area (TPSA) is 58.6 Å². The Bertz CT molecular complexity index is 504. The zero-order valence-electron chi connectivity index (χ0n) is 11.1. The Morgan fingerprint density at radius 2 is 2.25 bits per heavy atom. The van der Waals surface area contributed by atoms with Gasteiger partial charge in [0.15, 0.2) is 18.2 Å². The van der Waals surface area contributed by atoms with E-state index in [-0.39, 0.29) is 24.8 Å². The summed E-state index contributed by atoms with van der Waals surface area (Å²) in [5, 5.41) is 12.7. The fourth-order valence-electron chi connectivity index (χ4n) is 2.07. The van der Waals surface area contributed by atoms with E-state index in [9.17, 15) is 14.3 Å². The van der Waals surface area contributed by atoms with Crippen LogP contribution in [0.4, 0.5) is 4.39 Å². The van der Waals surface area contributed by atoms with Gasteiger partial charge in [0.05, 0.1) is 12.1 Å². The SMILES string of the molecule is O=C(COc1ccccc1F)NCC1(O)C=CCCC1. The Balaban J connectivity index is 1.77. The maximum Gasteiger partial charge on any atom is 0.258 e. The molecule has 4 nitrogen and oxygen atoms in total. The van der Waals surface area contributed by atoms with Crippen molar-refractivity contribution >= 4 is 5.91 Å². The van der Waals surface area contributed by atoms with Crippen molar-refractivity contribution < 1.29 is 19.0 Å². The first-order valence-corrected chi connectivity index (χ1v) is 6.63. The van der Waals surface area contributed by atoms with Gasteiger partial charge in [-0.2, -0.15) is 0 Å². The summed E-state index contributed by atoms with van der Waals surface area (Å²) in [6.07, 6.45) is 6.10. The third-order valence-corrected chi connectivity index (χ3v) is 3.20. The summed E-state index contributed by atoms with van der Waals surface area (Å²) < 4.78 is 18.4. The third-order valence-electron chi connectivity index (χ3n) is 3.20. The molecule has 0 fully saturated rings. The van der Waals surface area contributed by atoms with Crippen molar-refractivity contribution in [2.24, 2.45) is 0 Å². The molecule has 20 heavy (non-hydrogen) atoms. The van der Waals surface area contributed by atoms with E-state index >= 15 is 0 Å². The molecule has 0 aromatic heterocycles. The molecule has 1 aromatic carbocycles. The number of nitrogens with one attached hydrogen (secondary N) is 1. The monoisotopic (exact) mass is 279 g/mol. The fourth-order valence-corrected chi connectivity index (χ4v) is 2.07. The van der Waals surface area contributed by atoms with E-state index in [0.717, 1.165) is 12.8 Å². The molecule has 0 aliphatic heterocycles. The number of rotatable bonds is 5. The molecule has 108 valence electrons. The average molecular weight is 279 g/mol. The number of carbonyl (C=O) groups is 1. The van der Waals surface area contributed by atoms with Crippen molar-refractivity contribution in [2.75, 3.05) is 13.2 Å². The van der Waals surface area contributed by atoms with Crippen LogP contribution < -0.4 is 10.1 Å². The number of carbonyl (C=O) groups excluding carboxylic acids is 1. The smallest absolute Gasteiger partial charge is 0.258 e. The van der Waals surface area contributed by atoms with Gasteiger partial charge in [-0.05, 0) is 31.4 Å². The lowest BCUT2D eigenvalue weighted by Crippen LogP contribution is -2.43. The second-order valence-corrected chi connectivity index (χ2v) is 4.89. The molecular formula is C15H18FNO3. The van der Waals surface area contributed by atoms with Gasteiger partial charge in [0.25, 0.3) is 5.91 Å². The summed E-state index contributed by atoms with van der Waals surface area (Å²) in [6.45, 7) is -0.135. The highest BCUT2D eigenvalue weighted by Crippen LogP contribution is 2.21. The summed E-state index contributed by atoms with van der Waals surface area (Å²) in [6, 6.07) is 5.90. The zero-order valence-corrected chi connectivity index (χ0v) is 11.1. The summed E-state index contributed by atoms with van der Waals surface area (Å²) >= 11 is 0. The van der Waals surface area contributed by atoms with E-state index in [0.29, 0.717) is 6.42 Å². The number of hydrogen-bond acceptors (Lipinski definition) is 3. The predicted octanol–water partition coefficient (Wildman–Crippen LogP) is 1.79. The van der Waals surface area contributed by atoms with Gasteiger partial charge in [0, 0.05) is 0 Å². The molecule has 0 radical (unpaired) electrons. The Hall–Kier alpha value is -1.88. The maximum absolute atomic E-state index is 13.3. The lowest BCUT2D eigenvalue weighted by Gasteiger charge is -2.27. The molecule has 0 saturated carbocycles. The van der Waals surface area contributed by atoms with E-state index in [1.165, 1.54) is 12.1 Å². The van der Waals surface area contributed by atoms with Crippen molar-refractivity contribution in [3.05, 3.63) is 42.2 Å². The minimum atomic E-state index is -0.980. The molecule has 0 spiro atoms. The van der Waals surface area contributed by atoms with Gasteiger partial charge < -0.3 is 15.2 Å². The van der Waals surface area contributed by atoms with E-state index in [4.69, 9.17) is 4.74 Å². The van der Waals surface area contributed by atoms with Gasteiger partial charge >= 0.3 is 0 Å². The van der Waals surface area contributed by atoms with Crippen molar-refractivity contribution in [3.8, 4) is 5.75 Å². The number of ether oxygens (including phenoxy) is 1. The van der Waals surface area contributed by atoms with Crippen LogP contribution in [0, 0.1) is 5.82 Å². The van der Waals surface area contributed by atoms with Crippen LogP contribution in [0.3, 0.4) is 0 Å². The predicted molar refractivity (Wildman–Crippen MR) is 72.8 cm³/mol. The molecule has 1 atom stereocenters. The summed E-state index contributed by atoms with van der Waals surface area (Å²) in [5.41, 5.74) is -0.980. The van der Waals surface area contributed by atoms with E-state index in [2.05, 4.69) is 5.32 Å². The van der Waals surface area contributed by atoms with Crippen molar-refractivity contribution in [1.82, 2.24) is 5.32 Å². The molecule has 2 rings (SSSR count). The normalized spacial score (nSPS) is 21.5. The molecular weight excluding hydrogens is 261 g/mol. The molecule has 1 aliphatic carbocycles.